The summed E-state index contributed by atoms with van der Waals surface area (Å²) in [4.78, 5) is 15.5. The fourth-order valence-electron chi connectivity index (χ4n) is 4.05. The zero-order chi connectivity index (χ0) is 23.5. The first-order chi connectivity index (χ1) is 15.0. The molecule has 2 fully saturated rings. The molecule has 2 aliphatic rings. The van der Waals surface area contributed by atoms with Crippen LogP contribution in [0.25, 0.3) is 0 Å². The maximum atomic E-state index is 13.1. The molecule has 3 rings (SSSR count). The van der Waals surface area contributed by atoms with Gasteiger partial charge in [-0.3, -0.25) is 14.7 Å². The van der Waals surface area contributed by atoms with Crippen LogP contribution in [0.4, 0.5) is 0 Å². The number of hydrogen-bond donors (Lipinski definition) is 1. The number of carbonyl (C=O) groups excluding carboxylic acids is 1. The van der Waals surface area contributed by atoms with Crippen molar-refractivity contribution in [1.82, 2.24) is 9.91 Å². The van der Waals surface area contributed by atoms with E-state index in [4.69, 9.17) is 31.7 Å². The minimum Gasteiger partial charge on any atom is -0.493 e. The Labute approximate surface area is 197 Å². The van der Waals surface area contributed by atoms with Crippen molar-refractivity contribution in [2.75, 3.05) is 26.2 Å². The van der Waals surface area contributed by atoms with Gasteiger partial charge in [0, 0.05) is 24.7 Å². The van der Waals surface area contributed by atoms with Crippen LogP contribution in [0.5, 0.6) is 5.75 Å². The number of ether oxygens (including phenoxy) is 3. The zero-order valence-electron chi connectivity index (χ0n) is 20.0. The van der Waals surface area contributed by atoms with Gasteiger partial charge in [0.05, 0.1) is 29.4 Å². The number of likely N-dealkylation sites (tertiary alicyclic amines) is 1. The van der Waals surface area contributed by atoms with Crippen molar-refractivity contribution >= 4 is 17.5 Å². The number of amides is 1. The van der Waals surface area contributed by atoms with Gasteiger partial charge >= 0.3 is 0 Å². The molecule has 7 nitrogen and oxygen atoms in total. The standard InChI is InChI=1S/C24H38ClN3O4/c1-6-7-14-30-20-15-17(25)8-9-19(20)22(29)28(26)18-10-12-27(13-11-18)16-21-31-23(2,3)24(4,5)32-21/h8-9,15,18,21H,6-7,10-14,16,26H2,1-5H3. The van der Waals surface area contributed by atoms with Gasteiger partial charge in [0.15, 0.2) is 6.29 Å². The number of hydrazine groups is 1. The number of hydrogen-bond acceptors (Lipinski definition) is 6. The Bertz CT molecular complexity index is 777. The summed E-state index contributed by atoms with van der Waals surface area (Å²) in [6, 6.07) is 5.05. The van der Waals surface area contributed by atoms with E-state index in [1.54, 1.807) is 18.2 Å². The molecule has 32 heavy (non-hydrogen) atoms. The molecule has 1 aromatic carbocycles. The van der Waals surface area contributed by atoms with Gasteiger partial charge in [0.25, 0.3) is 5.91 Å². The van der Waals surface area contributed by atoms with Gasteiger partial charge in [-0.15, -0.1) is 0 Å². The molecule has 0 bridgehead atoms. The van der Waals surface area contributed by atoms with E-state index in [0.29, 0.717) is 29.5 Å². The van der Waals surface area contributed by atoms with Crippen molar-refractivity contribution in [3.8, 4) is 5.75 Å². The molecule has 0 unspecified atom stereocenters. The van der Waals surface area contributed by atoms with Gasteiger partial charge < -0.3 is 14.2 Å². The summed E-state index contributed by atoms with van der Waals surface area (Å²) < 4.78 is 18.1. The van der Waals surface area contributed by atoms with Crippen LogP contribution in [-0.4, -0.2) is 65.6 Å². The first-order valence-electron chi connectivity index (χ1n) is 11.6. The highest BCUT2D eigenvalue weighted by molar-refractivity contribution is 6.30. The molecule has 2 aliphatic heterocycles. The van der Waals surface area contributed by atoms with E-state index >= 15 is 0 Å². The molecule has 2 saturated heterocycles. The molecular formula is C24H38ClN3O4. The highest BCUT2D eigenvalue weighted by atomic mass is 35.5. The lowest BCUT2D eigenvalue weighted by Crippen LogP contribution is -2.51. The maximum absolute atomic E-state index is 13.1. The number of nitrogens with zero attached hydrogens (tertiary/aromatic N) is 2. The average molecular weight is 468 g/mol. The Morgan fingerprint density at radius 3 is 2.44 bits per heavy atom. The summed E-state index contributed by atoms with van der Waals surface area (Å²) in [6.45, 7) is 13.3. The second kappa shape index (κ2) is 10.3. The van der Waals surface area contributed by atoms with Crippen LogP contribution in [0.3, 0.4) is 0 Å². The second-order valence-electron chi connectivity index (χ2n) is 9.77. The van der Waals surface area contributed by atoms with Crippen molar-refractivity contribution in [3.63, 3.8) is 0 Å². The highest BCUT2D eigenvalue weighted by Gasteiger charge is 2.49. The minimum atomic E-state index is -0.327. The molecule has 2 N–H and O–H groups in total. The van der Waals surface area contributed by atoms with Crippen molar-refractivity contribution in [2.45, 2.75) is 83.8 Å². The van der Waals surface area contributed by atoms with Crippen LogP contribution in [0, 0.1) is 0 Å². The van der Waals surface area contributed by atoms with E-state index in [9.17, 15) is 4.79 Å². The fourth-order valence-corrected chi connectivity index (χ4v) is 4.22. The monoisotopic (exact) mass is 467 g/mol. The van der Waals surface area contributed by atoms with Gasteiger partial charge in [-0.1, -0.05) is 24.9 Å². The van der Waals surface area contributed by atoms with Gasteiger partial charge in [-0.05, 0) is 65.2 Å². The molecule has 1 aromatic rings. The molecule has 180 valence electrons. The van der Waals surface area contributed by atoms with E-state index in [1.165, 1.54) is 5.01 Å². The molecule has 0 aromatic heterocycles. The molecule has 2 heterocycles. The SMILES string of the molecule is CCCCOc1cc(Cl)ccc1C(=O)N(N)C1CCN(CC2OC(C)(C)C(C)(C)O2)CC1. The van der Waals surface area contributed by atoms with Crippen molar-refractivity contribution in [1.29, 1.82) is 0 Å². The molecule has 0 atom stereocenters. The van der Waals surface area contributed by atoms with Crippen LogP contribution in [0.15, 0.2) is 18.2 Å². The van der Waals surface area contributed by atoms with Crippen molar-refractivity contribution < 1.29 is 19.0 Å². The predicted molar refractivity (Wildman–Crippen MR) is 126 cm³/mol. The molecular weight excluding hydrogens is 430 g/mol. The fraction of sp³-hybridized carbons (Fsp3) is 0.708. The summed E-state index contributed by atoms with van der Waals surface area (Å²) in [7, 11) is 0. The number of rotatable bonds is 8. The van der Waals surface area contributed by atoms with Gasteiger partial charge in [0.2, 0.25) is 0 Å². The lowest BCUT2D eigenvalue weighted by Gasteiger charge is -2.37. The number of piperidine rings is 1. The molecule has 0 radical (unpaired) electrons. The molecule has 8 heteroatoms. The number of benzene rings is 1. The maximum Gasteiger partial charge on any atom is 0.271 e. The Hall–Kier alpha value is -1.38. The Morgan fingerprint density at radius 1 is 1.22 bits per heavy atom. The Kier molecular flexibility index (Phi) is 8.10. The van der Waals surface area contributed by atoms with E-state index in [-0.39, 0.29) is 29.4 Å². The van der Waals surface area contributed by atoms with Crippen LogP contribution < -0.4 is 10.6 Å². The lowest BCUT2D eigenvalue weighted by molar-refractivity contribution is -0.104. The Morgan fingerprint density at radius 2 is 1.84 bits per heavy atom. The third kappa shape index (κ3) is 5.75. The van der Waals surface area contributed by atoms with Crippen molar-refractivity contribution in [2.24, 2.45) is 5.84 Å². The molecule has 0 aliphatic carbocycles. The second-order valence-corrected chi connectivity index (χ2v) is 10.2. The summed E-state index contributed by atoms with van der Waals surface area (Å²) in [5, 5.41) is 1.90. The lowest BCUT2D eigenvalue weighted by atomic mass is 9.90. The van der Waals surface area contributed by atoms with Crippen LogP contribution in [0.1, 0.15) is 70.7 Å². The minimum absolute atomic E-state index is 0.0313. The number of carbonyl (C=O) groups is 1. The quantitative estimate of drug-likeness (QED) is 0.267. The normalized spacial score (nSPS) is 21.6. The highest BCUT2D eigenvalue weighted by Crippen LogP contribution is 2.38. The van der Waals surface area contributed by atoms with E-state index < -0.39 is 0 Å². The number of nitrogens with two attached hydrogens (primary N) is 1. The summed E-state index contributed by atoms with van der Waals surface area (Å²) in [5.41, 5.74) is -0.203. The van der Waals surface area contributed by atoms with Crippen LogP contribution in [0.2, 0.25) is 5.02 Å². The average Bonchev–Trinajstić information content (AvgIpc) is 2.93. The van der Waals surface area contributed by atoms with Gasteiger partial charge in [-0.2, -0.15) is 0 Å². The summed E-state index contributed by atoms with van der Waals surface area (Å²) in [5.74, 6) is 6.55. The topological polar surface area (TPSA) is 77.3 Å². The Balaban J connectivity index is 1.55. The molecule has 0 saturated carbocycles. The van der Waals surface area contributed by atoms with Gasteiger partial charge in [-0.25, -0.2) is 5.84 Å². The third-order valence-corrected chi connectivity index (χ3v) is 7.06. The first-order valence-corrected chi connectivity index (χ1v) is 12.0. The van der Waals surface area contributed by atoms with E-state index in [1.807, 2.05) is 0 Å². The molecule has 0 spiro atoms. The molecule has 1 amide bonds. The van der Waals surface area contributed by atoms with Crippen molar-refractivity contribution in [3.05, 3.63) is 28.8 Å². The van der Waals surface area contributed by atoms with E-state index in [2.05, 4.69) is 39.5 Å². The summed E-state index contributed by atoms with van der Waals surface area (Å²) >= 11 is 6.12. The number of unbranched alkanes of at least 4 members (excludes halogenated alkanes) is 1. The largest absolute Gasteiger partial charge is 0.493 e. The first kappa shape index (κ1) is 25.2. The third-order valence-electron chi connectivity index (χ3n) is 6.82. The number of halogens is 1. The summed E-state index contributed by atoms with van der Waals surface area (Å²) in [6.07, 6.45) is 3.26. The zero-order valence-corrected chi connectivity index (χ0v) is 20.8. The van der Waals surface area contributed by atoms with E-state index in [0.717, 1.165) is 38.8 Å². The smallest absolute Gasteiger partial charge is 0.271 e. The van der Waals surface area contributed by atoms with Gasteiger partial charge in [0.1, 0.15) is 5.75 Å². The van der Waals surface area contributed by atoms with Crippen LogP contribution in [-0.2, 0) is 9.47 Å². The van der Waals surface area contributed by atoms with Crippen LogP contribution >= 0.6 is 11.6 Å². The predicted octanol–water partition coefficient (Wildman–Crippen LogP) is 4.23.